The van der Waals surface area contributed by atoms with Crippen molar-refractivity contribution in [2.45, 2.75) is 18.8 Å². The van der Waals surface area contributed by atoms with Crippen LogP contribution in [0.5, 0.6) is 11.5 Å². The number of nitrogens with one attached hydrogen (secondary N) is 2. The molecule has 6 heteroatoms. The number of benzene rings is 1. The van der Waals surface area contributed by atoms with Crippen LogP contribution < -0.4 is 20.3 Å². The van der Waals surface area contributed by atoms with Crippen LogP contribution >= 0.6 is 0 Å². The quantitative estimate of drug-likeness (QED) is 0.881. The van der Waals surface area contributed by atoms with E-state index >= 15 is 0 Å². The third-order valence-electron chi connectivity index (χ3n) is 4.12. The number of nitrogens with zero attached hydrogens (tertiary/aromatic N) is 1. The fourth-order valence-corrected chi connectivity index (χ4v) is 2.97. The molecule has 4 rings (SSSR count). The van der Waals surface area contributed by atoms with E-state index in [1.165, 1.54) is 0 Å². The average molecular weight is 299 g/mol. The van der Waals surface area contributed by atoms with Crippen molar-refractivity contribution in [3.05, 3.63) is 40.3 Å². The molecule has 2 aliphatic rings. The van der Waals surface area contributed by atoms with Gasteiger partial charge in [-0.15, -0.1) is 0 Å². The molecule has 1 aromatic carbocycles. The van der Waals surface area contributed by atoms with E-state index in [0.29, 0.717) is 17.5 Å². The summed E-state index contributed by atoms with van der Waals surface area (Å²) in [6, 6.07) is 7.18. The molecule has 0 amide bonds. The molecule has 1 saturated heterocycles. The molecule has 2 aliphatic heterocycles. The molecule has 0 aliphatic carbocycles. The van der Waals surface area contributed by atoms with Crippen molar-refractivity contribution in [3.63, 3.8) is 0 Å². The first kappa shape index (κ1) is 13.3. The lowest BCUT2D eigenvalue weighted by Crippen LogP contribution is -2.29. The maximum Gasteiger partial charge on any atom is 0.251 e. The predicted octanol–water partition coefficient (Wildman–Crippen LogP) is 1.63. The van der Waals surface area contributed by atoms with Crippen LogP contribution in [0.2, 0.25) is 0 Å². The highest BCUT2D eigenvalue weighted by Crippen LogP contribution is 2.35. The average Bonchev–Trinajstić information content (AvgIpc) is 3.02. The third kappa shape index (κ3) is 2.46. The smallest absolute Gasteiger partial charge is 0.251 e. The van der Waals surface area contributed by atoms with Gasteiger partial charge in [-0.25, -0.2) is 4.98 Å². The molecule has 0 spiro atoms. The molecular weight excluding hydrogens is 282 g/mol. The van der Waals surface area contributed by atoms with Crippen molar-refractivity contribution >= 4 is 0 Å². The molecule has 3 heterocycles. The molecule has 2 aromatic rings. The van der Waals surface area contributed by atoms with Gasteiger partial charge in [-0.05, 0) is 37.6 Å². The maximum absolute atomic E-state index is 12.0. The molecule has 0 unspecified atom stereocenters. The Bertz CT molecular complexity index is 751. The van der Waals surface area contributed by atoms with E-state index < -0.39 is 0 Å². The van der Waals surface area contributed by atoms with Gasteiger partial charge in [-0.2, -0.15) is 0 Å². The summed E-state index contributed by atoms with van der Waals surface area (Å²) in [4.78, 5) is 19.5. The van der Waals surface area contributed by atoms with Crippen molar-refractivity contribution in [2.24, 2.45) is 0 Å². The highest BCUT2D eigenvalue weighted by molar-refractivity contribution is 5.61. The minimum atomic E-state index is -0.122. The molecule has 1 fully saturated rings. The van der Waals surface area contributed by atoms with Crippen LogP contribution in [0.15, 0.2) is 29.1 Å². The van der Waals surface area contributed by atoms with Crippen LogP contribution in [0.3, 0.4) is 0 Å². The maximum atomic E-state index is 12.0. The van der Waals surface area contributed by atoms with E-state index in [9.17, 15) is 4.79 Å². The van der Waals surface area contributed by atoms with Crippen molar-refractivity contribution < 1.29 is 9.47 Å². The number of hydrogen-bond donors (Lipinski definition) is 2. The summed E-state index contributed by atoms with van der Waals surface area (Å²) in [5, 5.41) is 3.36. The monoisotopic (exact) mass is 299 g/mol. The highest BCUT2D eigenvalue weighted by Gasteiger charge is 2.19. The van der Waals surface area contributed by atoms with E-state index in [1.807, 2.05) is 18.2 Å². The van der Waals surface area contributed by atoms with Gasteiger partial charge >= 0.3 is 0 Å². The van der Waals surface area contributed by atoms with E-state index in [2.05, 4.69) is 15.3 Å². The molecule has 22 heavy (non-hydrogen) atoms. The van der Waals surface area contributed by atoms with Gasteiger partial charge in [-0.3, -0.25) is 4.79 Å². The van der Waals surface area contributed by atoms with Gasteiger partial charge in [0.2, 0.25) is 6.79 Å². The number of aromatic amines is 1. The van der Waals surface area contributed by atoms with Gasteiger partial charge in [0.15, 0.2) is 11.5 Å². The van der Waals surface area contributed by atoms with Gasteiger partial charge in [-0.1, -0.05) is 0 Å². The zero-order chi connectivity index (χ0) is 14.9. The minimum absolute atomic E-state index is 0.122. The number of fused-ring (bicyclic) bond motifs is 1. The standard InChI is InChI=1S/C16H17N3O3/c20-15-7-12(11-2-1-5-17-8-11)18-16(19-15)10-3-4-13-14(6-10)22-9-21-13/h3-4,6-7,11,17H,1-2,5,8-9H2,(H,18,19,20)/t11-/m0/s1. The fourth-order valence-electron chi connectivity index (χ4n) is 2.97. The first-order chi connectivity index (χ1) is 10.8. The highest BCUT2D eigenvalue weighted by atomic mass is 16.7. The largest absolute Gasteiger partial charge is 0.454 e. The minimum Gasteiger partial charge on any atom is -0.454 e. The Hall–Kier alpha value is -2.34. The second-order valence-electron chi connectivity index (χ2n) is 5.63. The Morgan fingerprint density at radius 3 is 2.95 bits per heavy atom. The Balaban J connectivity index is 1.72. The Kier molecular flexibility index (Phi) is 3.31. The van der Waals surface area contributed by atoms with Crippen LogP contribution in [-0.2, 0) is 0 Å². The summed E-state index contributed by atoms with van der Waals surface area (Å²) in [6.07, 6.45) is 2.17. The molecule has 114 valence electrons. The Labute approximate surface area is 127 Å². The van der Waals surface area contributed by atoms with Crippen molar-refractivity contribution in [1.82, 2.24) is 15.3 Å². The van der Waals surface area contributed by atoms with E-state index in [4.69, 9.17) is 9.47 Å². The van der Waals surface area contributed by atoms with Crippen LogP contribution in [0.4, 0.5) is 0 Å². The number of ether oxygens (including phenoxy) is 2. The zero-order valence-electron chi connectivity index (χ0n) is 12.1. The van der Waals surface area contributed by atoms with Crippen molar-refractivity contribution in [3.8, 4) is 22.9 Å². The first-order valence-electron chi connectivity index (χ1n) is 7.51. The molecule has 2 N–H and O–H groups in total. The lowest BCUT2D eigenvalue weighted by Gasteiger charge is -2.22. The summed E-state index contributed by atoms with van der Waals surface area (Å²) in [6.45, 7) is 2.14. The molecule has 1 aromatic heterocycles. The van der Waals surface area contributed by atoms with Crippen LogP contribution in [0.1, 0.15) is 24.5 Å². The lowest BCUT2D eigenvalue weighted by atomic mass is 9.96. The second kappa shape index (κ2) is 5.46. The predicted molar refractivity (Wildman–Crippen MR) is 81.3 cm³/mol. The van der Waals surface area contributed by atoms with Crippen LogP contribution in [0.25, 0.3) is 11.4 Å². The Morgan fingerprint density at radius 2 is 2.09 bits per heavy atom. The third-order valence-corrected chi connectivity index (χ3v) is 4.12. The normalized spacial score (nSPS) is 20.1. The number of H-pyrrole nitrogens is 1. The molecule has 6 nitrogen and oxygen atoms in total. The van der Waals surface area contributed by atoms with Crippen molar-refractivity contribution in [1.29, 1.82) is 0 Å². The van der Waals surface area contributed by atoms with Crippen LogP contribution in [-0.4, -0.2) is 29.9 Å². The molecule has 1 atom stereocenters. The summed E-state index contributed by atoms with van der Waals surface area (Å²) in [7, 11) is 0. The van der Waals surface area contributed by atoms with E-state index in [1.54, 1.807) is 6.07 Å². The number of aromatic nitrogens is 2. The summed E-state index contributed by atoms with van der Waals surface area (Å²) < 4.78 is 10.7. The summed E-state index contributed by atoms with van der Waals surface area (Å²) >= 11 is 0. The van der Waals surface area contributed by atoms with Gasteiger partial charge in [0, 0.05) is 24.1 Å². The number of hydrogen-bond acceptors (Lipinski definition) is 5. The number of rotatable bonds is 2. The zero-order valence-corrected chi connectivity index (χ0v) is 12.1. The van der Waals surface area contributed by atoms with E-state index in [-0.39, 0.29) is 12.4 Å². The van der Waals surface area contributed by atoms with E-state index in [0.717, 1.165) is 42.9 Å². The van der Waals surface area contributed by atoms with Crippen LogP contribution in [0, 0.1) is 0 Å². The van der Waals surface area contributed by atoms with Crippen molar-refractivity contribution in [2.75, 3.05) is 19.9 Å². The fraction of sp³-hybridized carbons (Fsp3) is 0.375. The SMILES string of the molecule is O=c1cc([C@H]2CCCNC2)nc(-c2ccc3c(c2)OCO3)[nH]1. The topological polar surface area (TPSA) is 76.2 Å². The molecule has 0 radical (unpaired) electrons. The molecule has 0 saturated carbocycles. The lowest BCUT2D eigenvalue weighted by molar-refractivity contribution is 0.174. The summed E-state index contributed by atoms with van der Waals surface area (Å²) in [5.41, 5.74) is 1.55. The van der Waals surface area contributed by atoms with Gasteiger partial charge in [0.05, 0.1) is 5.69 Å². The Morgan fingerprint density at radius 1 is 1.18 bits per heavy atom. The van der Waals surface area contributed by atoms with Gasteiger partial charge < -0.3 is 19.8 Å². The molecular formula is C16H17N3O3. The second-order valence-corrected chi connectivity index (χ2v) is 5.63. The van der Waals surface area contributed by atoms with Gasteiger partial charge in [0.25, 0.3) is 5.56 Å². The number of piperidine rings is 1. The molecule has 0 bridgehead atoms. The van der Waals surface area contributed by atoms with Gasteiger partial charge in [0.1, 0.15) is 5.82 Å². The first-order valence-corrected chi connectivity index (χ1v) is 7.51. The summed E-state index contributed by atoms with van der Waals surface area (Å²) in [5.74, 6) is 2.28.